The number of nitrogens with zero attached hydrogens (tertiary/aromatic N) is 1. The fourth-order valence-electron chi connectivity index (χ4n) is 2.86. The molecule has 0 aromatic heterocycles. The van der Waals surface area contributed by atoms with E-state index in [0.717, 1.165) is 11.1 Å². The van der Waals surface area contributed by atoms with Gasteiger partial charge in [-0.15, -0.1) is 0 Å². The number of hydrogen-bond donors (Lipinski definition) is 1. The first-order valence-electron chi connectivity index (χ1n) is 8.30. The highest BCUT2D eigenvalue weighted by Crippen LogP contribution is 2.36. The number of carbonyl (C=O) groups is 2. The van der Waals surface area contributed by atoms with Crippen molar-refractivity contribution in [2.24, 2.45) is 0 Å². The third kappa shape index (κ3) is 4.04. The van der Waals surface area contributed by atoms with E-state index in [1.165, 1.54) is 11.8 Å². The highest BCUT2D eigenvalue weighted by molar-refractivity contribution is 8.03. The number of aryl methyl sites for hydroxylation is 1. The van der Waals surface area contributed by atoms with Crippen molar-refractivity contribution in [3.8, 4) is 6.07 Å². The number of hydrogen-bond acceptors (Lipinski definition) is 4. The summed E-state index contributed by atoms with van der Waals surface area (Å²) in [6.07, 6.45) is 0.239. The molecule has 4 nitrogen and oxygen atoms in total. The van der Waals surface area contributed by atoms with Crippen LogP contribution in [-0.2, 0) is 4.79 Å². The van der Waals surface area contributed by atoms with Crippen LogP contribution in [0.1, 0.15) is 33.8 Å². The number of nitrogens with one attached hydrogen (secondary N) is 1. The van der Waals surface area contributed by atoms with Gasteiger partial charge in [-0.1, -0.05) is 71.9 Å². The molecule has 130 valence electrons. The average molecular weight is 362 g/mol. The molecule has 1 amide bonds. The molecule has 1 aliphatic rings. The van der Waals surface area contributed by atoms with Crippen LogP contribution in [-0.4, -0.2) is 17.4 Å². The van der Waals surface area contributed by atoms with Crippen molar-refractivity contribution in [2.75, 3.05) is 5.75 Å². The molecule has 2 aromatic rings. The quantitative estimate of drug-likeness (QED) is 0.818. The molecule has 0 radical (unpaired) electrons. The largest absolute Gasteiger partial charge is 0.320 e. The third-order valence-electron chi connectivity index (χ3n) is 4.28. The summed E-state index contributed by atoms with van der Waals surface area (Å²) < 4.78 is 0. The molecular weight excluding hydrogens is 344 g/mol. The van der Waals surface area contributed by atoms with Gasteiger partial charge in [0.1, 0.15) is 0 Å². The zero-order chi connectivity index (χ0) is 18.5. The number of carbonyl (C=O) groups excluding carboxylic acids is 2. The van der Waals surface area contributed by atoms with Gasteiger partial charge in [-0.3, -0.25) is 9.59 Å². The Morgan fingerprint density at radius 1 is 1.19 bits per heavy atom. The van der Waals surface area contributed by atoms with Gasteiger partial charge in [-0.2, -0.15) is 5.26 Å². The molecule has 1 atom stereocenters. The Bertz CT molecular complexity index is 896. The van der Waals surface area contributed by atoms with Gasteiger partial charge in [0, 0.05) is 17.9 Å². The number of nitriles is 1. The van der Waals surface area contributed by atoms with Gasteiger partial charge in [0.05, 0.1) is 22.4 Å². The molecular formula is C21H18N2O2S. The van der Waals surface area contributed by atoms with Crippen LogP contribution >= 0.6 is 11.8 Å². The fourth-order valence-corrected chi connectivity index (χ4v) is 3.83. The summed E-state index contributed by atoms with van der Waals surface area (Å²) in [6, 6.07) is 19.1. The van der Waals surface area contributed by atoms with Gasteiger partial charge < -0.3 is 5.32 Å². The summed E-state index contributed by atoms with van der Waals surface area (Å²) in [5, 5.41) is 12.9. The first kappa shape index (κ1) is 18.0. The van der Waals surface area contributed by atoms with E-state index in [1.807, 2.05) is 49.4 Å². The maximum Gasteiger partial charge on any atom is 0.225 e. The average Bonchev–Trinajstić information content (AvgIpc) is 2.67. The van der Waals surface area contributed by atoms with Crippen LogP contribution in [0.15, 0.2) is 65.2 Å². The Morgan fingerprint density at radius 3 is 2.54 bits per heavy atom. The van der Waals surface area contributed by atoms with Crippen LogP contribution in [0.5, 0.6) is 0 Å². The number of thioether (sulfide) groups is 1. The third-order valence-corrected chi connectivity index (χ3v) is 5.30. The molecule has 3 rings (SSSR count). The fraction of sp³-hybridized carbons (Fsp3) is 0.190. The lowest BCUT2D eigenvalue weighted by Gasteiger charge is -2.25. The predicted molar refractivity (Wildman–Crippen MR) is 103 cm³/mol. The number of benzene rings is 2. The number of Topliss-reactive ketones (excluding diaryl/α,β-unsaturated/α-hetero) is 1. The Kier molecular flexibility index (Phi) is 5.55. The van der Waals surface area contributed by atoms with Crippen molar-refractivity contribution >= 4 is 23.5 Å². The van der Waals surface area contributed by atoms with E-state index < -0.39 is 0 Å². The van der Waals surface area contributed by atoms with Crippen molar-refractivity contribution < 1.29 is 9.59 Å². The van der Waals surface area contributed by atoms with E-state index in [4.69, 9.17) is 0 Å². The summed E-state index contributed by atoms with van der Waals surface area (Å²) in [5.41, 5.74) is 3.20. The molecule has 0 spiro atoms. The maximum absolute atomic E-state index is 12.3. The van der Waals surface area contributed by atoms with Crippen LogP contribution in [0.3, 0.4) is 0 Å². The Hall–Kier alpha value is -2.84. The molecule has 0 saturated carbocycles. The minimum atomic E-state index is -0.274. The SMILES string of the molecule is Cc1ccc(C2CC(=O)NC(SCC(=O)c3ccccc3)=C2C#N)cc1. The standard InChI is InChI=1S/C21H18N2O2S/c1-14-7-9-15(10-8-14)17-11-20(25)23-21(18(17)12-22)26-13-19(24)16-5-3-2-4-6-16/h2-10,17H,11,13H2,1H3,(H,23,25). The van der Waals surface area contributed by atoms with Crippen LogP contribution in [0, 0.1) is 18.3 Å². The second-order valence-electron chi connectivity index (χ2n) is 6.15. The van der Waals surface area contributed by atoms with E-state index in [-0.39, 0.29) is 29.8 Å². The van der Waals surface area contributed by atoms with Gasteiger partial charge in [0.25, 0.3) is 0 Å². The monoisotopic (exact) mass is 362 g/mol. The van der Waals surface area contributed by atoms with Gasteiger partial charge in [-0.05, 0) is 12.5 Å². The summed E-state index contributed by atoms with van der Waals surface area (Å²) in [7, 11) is 0. The zero-order valence-corrected chi connectivity index (χ0v) is 15.2. The smallest absolute Gasteiger partial charge is 0.225 e. The minimum Gasteiger partial charge on any atom is -0.320 e. The molecule has 1 N–H and O–H groups in total. The van der Waals surface area contributed by atoms with Crippen molar-refractivity contribution in [2.45, 2.75) is 19.3 Å². The normalized spacial score (nSPS) is 16.8. The first-order valence-corrected chi connectivity index (χ1v) is 9.29. The zero-order valence-electron chi connectivity index (χ0n) is 14.4. The van der Waals surface area contributed by atoms with E-state index >= 15 is 0 Å². The topological polar surface area (TPSA) is 70.0 Å². The second kappa shape index (κ2) is 8.03. The van der Waals surface area contributed by atoms with E-state index in [9.17, 15) is 14.9 Å². The molecule has 26 heavy (non-hydrogen) atoms. The first-order chi connectivity index (χ1) is 12.6. The molecule has 1 unspecified atom stereocenters. The van der Waals surface area contributed by atoms with E-state index in [0.29, 0.717) is 16.2 Å². The molecule has 5 heteroatoms. The molecule has 0 saturated heterocycles. The van der Waals surface area contributed by atoms with Crippen LogP contribution in [0.25, 0.3) is 0 Å². The lowest BCUT2D eigenvalue weighted by Crippen LogP contribution is -2.31. The van der Waals surface area contributed by atoms with E-state index in [2.05, 4.69) is 11.4 Å². The van der Waals surface area contributed by atoms with Gasteiger partial charge in [0.2, 0.25) is 5.91 Å². The Balaban J connectivity index is 1.83. The van der Waals surface area contributed by atoms with Gasteiger partial charge in [0.15, 0.2) is 5.78 Å². The highest BCUT2D eigenvalue weighted by atomic mass is 32.2. The summed E-state index contributed by atoms with van der Waals surface area (Å²) in [4.78, 5) is 24.5. The molecule has 0 fully saturated rings. The van der Waals surface area contributed by atoms with Crippen molar-refractivity contribution in [1.29, 1.82) is 5.26 Å². The highest BCUT2D eigenvalue weighted by Gasteiger charge is 2.29. The van der Waals surface area contributed by atoms with Crippen LogP contribution < -0.4 is 5.32 Å². The maximum atomic E-state index is 12.3. The number of allylic oxidation sites excluding steroid dienone is 1. The van der Waals surface area contributed by atoms with Crippen molar-refractivity contribution in [1.82, 2.24) is 5.32 Å². The van der Waals surface area contributed by atoms with Crippen LogP contribution in [0.2, 0.25) is 0 Å². The molecule has 2 aromatic carbocycles. The number of amides is 1. The molecule has 0 bridgehead atoms. The number of ketones is 1. The van der Waals surface area contributed by atoms with Gasteiger partial charge >= 0.3 is 0 Å². The molecule has 1 aliphatic heterocycles. The molecule has 1 heterocycles. The van der Waals surface area contributed by atoms with E-state index in [1.54, 1.807) is 12.1 Å². The summed E-state index contributed by atoms with van der Waals surface area (Å²) in [5.74, 6) is -0.272. The second-order valence-corrected chi connectivity index (χ2v) is 7.13. The number of rotatable bonds is 5. The predicted octanol–water partition coefficient (Wildman–Crippen LogP) is 3.95. The lowest BCUT2D eigenvalue weighted by molar-refractivity contribution is -0.120. The van der Waals surface area contributed by atoms with Crippen molar-refractivity contribution in [3.63, 3.8) is 0 Å². The minimum absolute atomic E-state index is 0.0351. The Labute approximate surface area is 156 Å². The lowest BCUT2D eigenvalue weighted by atomic mass is 9.87. The van der Waals surface area contributed by atoms with Crippen LogP contribution in [0.4, 0.5) is 0 Å². The van der Waals surface area contributed by atoms with Crippen molar-refractivity contribution in [3.05, 3.63) is 81.9 Å². The Morgan fingerprint density at radius 2 is 1.88 bits per heavy atom. The summed E-state index contributed by atoms with van der Waals surface area (Å²) >= 11 is 1.21. The summed E-state index contributed by atoms with van der Waals surface area (Å²) in [6.45, 7) is 1.99. The molecule has 0 aliphatic carbocycles. The van der Waals surface area contributed by atoms with Gasteiger partial charge in [-0.25, -0.2) is 0 Å².